The molecule has 1 aliphatic heterocycles. The summed E-state index contributed by atoms with van der Waals surface area (Å²) in [5, 5.41) is 0. The van der Waals surface area contributed by atoms with E-state index in [1.54, 1.807) is 6.07 Å². The molecule has 1 aromatic carbocycles. The molecule has 1 heterocycles. The van der Waals surface area contributed by atoms with Crippen LogP contribution in [0.1, 0.15) is 25.0 Å². The van der Waals surface area contributed by atoms with Crippen molar-refractivity contribution in [1.29, 1.82) is 0 Å². The minimum absolute atomic E-state index is 0.149. The number of fused-ring (bicyclic) bond motifs is 1. The van der Waals surface area contributed by atoms with Crippen LogP contribution in [0.5, 0.6) is 0 Å². The van der Waals surface area contributed by atoms with Crippen molar-refractivity contribution >= 4 is 22.6 Å². The minimum atomic E-state index is -0.468. The Morgan fingerprint density at radius 1 is 1.46 bits per heavy atom. The largest absolute Gasteiger partial charge is 0.366 e. The number of hydrogen-bond donors (Lipinski definition) is 0. The predicted octanol–water partition coefficient (Wildman–Crippen LogP) is 3.20. The fraction of sp³-hybridized carbons (Fsp3) is 0.400. The molecule has 0 radical (unpaired) electrons. The SMILES string of the molecule is CC1(C)OCc2cc(I)cc(F)c21. The van der Waals surface area contributed by atoms with Crippen LogP contribution in [0.3, 0.4) is 0 Å². The molecule has 0 amide bonds. The Balaban J connectivity index is 2.65. The van der Waals surface area contributed by atoms with Crippen LogP contribution in [-0.2, 0) is 16.9 Å². The lowest BCUT2D eigenvalue weighted by Crippen LogP contribution is -2.16. The van der Waals surface area contributed by atoms with E-state index in [1.165, 1.54) is 0 Å². The van der Waals surface area contributed by atoms with Gasteiger partial charge in [-0.15, -0.1) is 0 Å². The van der Waals surface area contributed by atoms with Crippen molar-refractivity contribution < 1.29 is 9.13 Å². The number of benzene rings is 1. The fourth-order valence-electron chi connectivity index (χ4n) is 1.75. The van der Waals surface area contributed by atoms with Gasteiger partial charge in [0.05, 0.1) is 12.2 Å². The standard InChI is InChI=1S/C10H10FIO/c1-10(2)9-6(5-13-10)3-7(12)4-8(9)11/h3-4H,5H2,1-2H3. The van der Waals surface area contributed by atoms with E-state index in [2.05, 4.69) is 22.6 Å². The molecule has 70 valence electrons. The molecular formula is C10H10FIO. The van der Waals surface area contributed by atoms with Gasteiger partial charge in [-0.2, -0.15) is 0 Å². The molecule has 0 fully saturated rings. The number of halogens is 2. The lowest BCUT2D eigenvalue weighted by Gasteiger charge is -2.18. The second kappa shape index (κ2) is 2.92. The van der Waals surface area contributed by atoms with E-state index < -0.39 is 5.60 Å². The fourth-order valence-corrected chi connectivity index (χ4v) is 2.39. The molecule has 0 saturated heterocycles. The molecule has 0 unspecified atom stereocenters. The van der Waals surface area contributed by atoms with Gasteiger partial charge in [-0.25, -0.2) is 4.39 Å². The van der Waals surface area contributed by atoms with Gasteiger partial charge in [-0.1, -0.05) is 0 Å². The molecule has 13 heavy (non-hydrogen) atoms. The number of ether oxygens (including phenoxy) is 1. The van der Waals surface area contributed by atoms with Crippen LogP contribution in [0.15, 0.2) is 12.1 Å². The van der Waals surface area contributed by atoms with Crippen molar-refractivity contribution in [3.05, 3.63) is 32.6 Å². The van der Waals surface area contributed by atoms with Gasteiger partial charge in [0.1, 0.15) is 5.82 Å². The van der Waals surface area contributed by atoms with E-state index in [0.717, 1.165) is 9.13 Å². The van der Waals surface area contributed by atoms with Crippen LogP contribution < -0.4 is 0 Å². The van der Waals surface area contributed by atoms with Gasteiger partial charge >= 0.3 is 0 Å². The molecule has 1 aromatic rings. The first kappa shape index (κ1) is 9.40. The van der Waals surface area contributed by atoms with Crippen LogP contribution in [0.25, 0.3) is 0 Å². The van der Waals surface area contributed by atoms with Crippen molar-refractivity contribution in [3.8, 4) is 0 Å². The maximum absolute atomic E-state index is 13.6. The van der Waals surface area contributed by atoms with Crippen molar-refractivity contribution in [2.75, 3.05) is 0 Å². The summed E-state index contributed by atoms with van der Waals surface area (Å²) < 4.78 is 20.0. The number of rotatable bonds is 0. The van der Waals surface area contributed by atoms with E-state index >= 15 is 0 Å². The van der Waals surface area contributed by atoms with Crippen molar-refractivity contribution in [2.24, 2.45) is 0 Å². The Morgan fingerprint density at radius 3 is 2.85 bits per heavy atom. The summed E-state index contributed by atoms with van der Waals surface area (Å²) in [5.74, 6) is -0.149. The van der Waals surface area contributed by atoms with E-state index in [1.807, 2.05) is 19.9 Å². The second-order valence-electron chi connectivity index (χ2n) is 3.72. The molecule has 1 aliphatic rings. The monoisotopic (exact) mass is 292 g/mol. The molecule has 2 rings (SSSR count). The first-order valence-electron chi connectivity index (χ1n) is 4.13. The third kappa shape index (κ3) is 1.48. The summed E-state index contributed by atoms with van der Waals surface area (Å²) in [4.78, 5) is 0. The second-order valence-corrected chi connectivity index (χ2v) is 4.97. The molecule has 0 N–H and O–H groups in total. The highest BCUT2D eigenvalue weighted by atomic mass is 127. The average molecular weight is 292 g/mol. The molecule has 0 aliphatic carbocycles. The Labute approximate surface area is 90.4 Å². The van der Waals surface area contributed by atoms with E-state index in [9.17, 15) is 4.39 Å². The minimum Gasteiger partial charge on any atom is -0.366 e. The van der Waals surface area contributed by atoms with Gasteiger partial charge < -0.3 is 4.74 Å². The van der Waals surface area contributed by atoms with Gasteiger partial charge in [-0.05, 0) is 54.1 Å². The molecular weight excluding hydrogens is 282 g/mol. The van der Waals surface area contributed by atoms with Gasteiger partial charge in [0.2, 0.25) is 0 Å². The van der Waals surface area contributed by atoms with E-state index in [4.69, 9.17) is 4.74 Å². The molecule has 0 spiro atoms. The van der Waals surface area contributed by atoms with Gasteiger partial charge in [0.15, 0.2) is 0 Å². The van der Waals surface area contributed by atoms with Crippen LogP contribution >= 0.6 is 22.6 Å². The molecule has 0 aromatic heterocycles. The van der Waals surface area contributed by atoms with Gasteiger partial charge in [0.25, 0.3) is 0 Å². The van der Waals surface area contributed by atoms with E-state index in [-0.39, 0.29) is 5.82 Å². The third-order valence-electron chi connectivity index (χ3n) is 2.33. The topological polar surface area (TPSA) is 9.23 Å². The van der Waals surface area contributed by atoms with Crippen LogP contribution in [0.2, 0.25) is 0 Å². The first-order valence-corrected chi connectivity index (χ1v) is 5.21. The molecule has 1 nitrogen and oxygen atoms in total. The summed E-state index contributed by atoms with van der Waals surface area (Å²) in [6, 6.07) is 3.53. The lowest BCUT2D eigenvalue weighted by molar-refractivity contribution is -0.00957. The summed E-state index contributed by atoms with van der Waals surface area (Å²) in [6.07, 6.45) is 0. The summed E-state index contributed by atoms with van der Waals surface area (Å²) in [5.41, 5.74) is 1.23. The first-order chi connectivity index (χ1) is 6.00. The molecule has 0 atom stereocenters. The Hall–Kier alpha value is -0.160. The Bertz CT molecular complexity index is 360. The van der Waals surface area contributed by atoms with Gasteiger partial charge in [-0.3, -0.25) is 0 Å². The van der Waals surface area contributed by atoms with Gasteiger partial charge in [0, 0.05) is 9.13 Å². The lowest BCUT2D eigenvalue weighted by atomic mass is 9.96. The zero-order valence-corrected chi connectivity index (χ0v) is 9.68. The quantitative estimate of drug-likeness (QED) is 0.667. The van der Waals surface area contributed by atoms with Crippen molar-refractivity contribution in [3.63, 3.8) is 0 Å². The van der Waals surface area contributed by atoms with Crippen molar-refractivity contribution in [2.45, 2.75) is 26.1 Å². The summed E-state index contributed by atoms with van der Waals surface area (Å²) >= 11 is 2.12. The van der Waals surface area contributed by atoms with Crippen LogP contribution in [0, 0.1) is 9.39 Å². The predicted molar refractivity (Wildman–Crippen MR) is 56.9 cm³/mol. The highest BCUT2D eigenvalue weighted by molar-refractivity contribution is 14.1. The third-order valence-corrected chi connectivity index (χ3v) is 2.95. The molecule has 3 heteroatoms. The normalized spacial score (nSPS) is 18.8. The maximum Gasteiger partial charge on any atom is 0.130 e. The van der Waals surface area contributed by atoms with E-state index in [0.29, 0.717) is 12.2 Å². The highest BCUT2D eigenvalue weighted by Crippen LogP contribution is 2.38. The van der Waals surface area contributed by atoms with Crippen molar-refractivity contribution in [1.82, 2.24) is 0 Å². The summed E-state index contributed by atoms with van der Waals surface area (Å²) in [6.45, 7) is 4.32. The highest BCUT2D eigenvalue weighted by Gasteiger charge is 2.33. The maximum atomic E-state index is 13.6. The number of hydrogen-bond acceptors (Lipinski definition) is 1. The smallest absolute Gasteiger partial charge is 0.130 e. The molecule has 0 bridgehead atoms. The Kier molecular flexibility index (Phi) is 2.11. The van der Waals surface area contributed by atoms with Crippen LogP contribution in [-0.4, -0.2) is 0 Å². The zero-order valence-electron chi connectivity index (χ0n) is 7.53. The summed E-state index contributed by atoms with van der Waals surface area (Å²) in [7, 11) is 0. The zero-order chi connectivity index (χ0) is 9.64. The van der Waals surface area contributed by atoms with Crippen LogP contribution in [0.4, 0.5) is 4.39 Å². The molecule has 0 saturated carbocycles. The Morgan fingerprint density at radius 2 is 2.15 bits per heavy atom. The average Bonchev–Trinajstić information content (AvgIpc) is 2.26.